The Balaban J connectivity index is 1.98. The summed E-state index contributed by atoms with van der Waals surface area (Å²) in [7, 11) is 2.04. The summed E-state index contributed by atoms with van der Waals surface area (Å²) in [6.45, 7) is 0. The summed E-state index contributed by atoms with van der Waals surface area (Å²) in [6.07, 6.45) is 3.81. The lowest BCUT2D eigenvalue weighted by atomic mass is 9.96. The van der Waals surface area contributed by atoms with Crippen molar-refractivity contribution in [3.05, 3.63) is 68.3 Å². The summed E-state index contributed by atoms with van der Waals surface area (Å²) < 4.78 is 1.29. The quantitative estimate of drug-likeness (QED) is 0.810. The average Bonchev–Trinajstić information content (AvgIpc) is 2.87. The first kappa shape index (κ1) is 13.1. The molecule has 1 aliphatic rings. The van der Waals surface area contributed by atoms with Gasteiger partial charge in [-0.1, -0.05) is 30.3 Å². The predicted molar refractivity (Wildman–Crippen MR) is 88.5 cm³/mol. The van der Waals surface area contributed by atoms with Crippen molar-refractivity contribution < 1.29 is 0 Å². The van der Waals surface area contributed by atoms with E-state index < -0.39 is 0 Å². The van der Waals surface area contributed by atoms with E-state index in [1.54, 1.807) is 11.1 Å². The third-order valence-corrected chi connectivity index (χ3v) is 4.60. The van der Waals surface area contributed by atoms with E-state index in [9.17, 15) is 0 Å². The van der Waals surface area contributed by atoms with Crippen molar-refractivity contribution >= 4 is 22.6 Å². The molecule has 2 aromatic rings. The molecule has 0 bridgehead atoms. The Kier molecular flexibility index (Phi) is 3.89. The zero-order valence-corrected chi connectivity index (χ0v) is 13.3. The van der Waals surface area contributed by atoms with E-state index in [0.29, 0.717) is 6.04 Å². The van der Waals surface area contributed by atoms with Gasteiger partial charge in [0, 0.05) is 3.57 Å². The van der Waals surface area contributed by atoms with Crippen LogP contribution in [-0.2, 0) is 12.8 Å². The standard InChI is InChI=1S/C17H18IN/c1-19-17(14-6-3-7-16(18)11-14)15-9-8-12-4-2-5-13(12)10-15/h3,6-11,17,19H,2,4-5H2,1H3. The maximum absolute atomic E-state index is 3.45. The third-order valence-electron chi connectivity index (χ3n) is 3.93. The smallest absolute Gasteiger partial charge is 0.0574 e. The highest BCUT2D eigenvalue weighted by Gasteiger charge is 2.16. The summed E-state index contributed by atoms with van der Waals surface area (Å²) in [6, 6.07) is 16.0. The van der Waals surface area contributed by atoms with Crippen LogP contribution in [0.5, 0.6) is 0 Å². The van der Waals surface area contributed by atoms with Gasteiger partial charge in [-0.3, -0.25) is 0 Å². The lowest BCUT2D eigenvalue weighted by molar-refractivity contribution is 0.690. The first-order chi connectivity index (χ1) is 9.28. The first-order valence-corrected chi connectivity index (χ1v) is 7.90. The molecule has 1 atom stereocenters. The van der Waals surface area contributed by atoms with Gasteiger partial charge in [-0.15, -0.1) is 0 Å². The van der Waals surface area contributed by atoms with Crippen LogP contribution in [0.2, 0.25) is 0 Å². The van der Waals surface area contributed by atoms with E-state index in [2.05, 4.69) is 70.4 Å². The van der Waals surface area contributed by atoms with Crippen LogP contribution in [0.25, 0.3) is 0 Å². The SMILES string of the molecule is CNC(c1cccc(I)c1)c1ccc2c(c1)CCC2. The number of rotatable bonds is 3. The minimum absolute atomic E-state index is 0.292. The highest BCUT2D eigenvalue weighted by atomic mass is 127. The maximum Gasteiger partial charge on any atom is 0.0574 e. The van der Waals surface area contributed by atoms with Crippen LogP contribution >= 0.6 is 22.6 Å². The molecule has 2 heteroatoms. The van der Waals surface area contributed by atoms with E-state index in [1.807, 2.05) is 7.05 Å². The number of nitrogens with one attached hydrogen (secondary N) is 1. The number of hydrogen-bond acceptors (Lipinski definition) is 1. The second kappa shape index (κ2) is 5.63. The number of fused-ring (bicyclic) bond motifs is 1. The van der Waals surface area contributed by atoms with Crippen molar-refractivity contribution in [2.75, 3.05) is 7.05 Å². The number of hydrogen-bond donors (Lipinski definition) is 1. The third kappa shape index (κ3) is 2.70. The summed E-state index contributed by atoms with van der Waals surface area (Å²) in [4.78, 5) is 0. The summed E-state index contributed by atoms with van der Waals surface area (Å²) in [5.74, 6) is 0. The van der Waals surface area contributed by atoms with Crippen molar-refractivity contribution in [3.8, 4) is 0 Å². The average molecular weight is 363 g/mol. The molecule has 1 aliphatic carbocycles. The Hall–Kier alpha value is -0.870. The number of aryl methyl sites for hydroxylation is 2. The normalized spacial score (nSPS) is 15.3. The molecule has 3 rings (SSSR count). The van der Waals surface area contributed by atoms with Gasteiger partial charge >= 0.3 is 0 Å². The predicted octanol–water partition coefficient (Wildman–Crippen LogP) is 4.09. The Labute approximate surface area is 128 Å². The fourth-order valence-electron chi connectivity index (χ4n) is 2.98. The number of benzene rings is 2. The molecule has 1 unspecified atom stereocenters. The topological polar surface area (TPSA) is 12.0 Å². The minimum Gasteiger partial charge on any atom is -0.309 e. The molecule has 0 aromatic heterocycles. The Bertz CT molecular complexity index is 592. The van der Waals surface area contributed by atoms with E-state index >= 15 is 0 Å². The molecule has 2 aromatic carbocycles. The summed E-state index contributed by atoms with van der Waals surface area (Å²) in [5, 5.41) is 3.45. The second-order valence-electron chi connectivity index (χ2n) is 5.16. The monoisotopic (exact) mass is 363 g/mol. The van der Waals surface area contributed by atoms with E-state index in [0.717, 1.165) is 0 Å². The second-order valence-corrected chi connectivity index (χ2v) is 6.40. The lowest BCUT2D eigenvalue weighted by Gasteiger charge is -2.18. The Morgan fingerprint density at radius 1 is 1.00 bits per heavy atom. The zero-order chi connectivity index (χ0) is 13.2. The molecular weight excluding hydrogens is 345 g/mol. The fraction of sp³-hybridized carbons (Fsp3) is 0.294. The van der Waals surface area contributed by atoms with E-state index in [1.165, 1.54) is 34.0 Å². The van der Waals surface area contributed by atoms with Crippen LogP contribution in [0.15, 0.2) is 42.5 Å². The zero-order valence-electron chi connectivity index (χ0n) is 11.1. The van der Waals surface area contributed by atoms with Crippen LogP contribution in [0.1, 0.15) is 34.7 Å². The maximum atomic E-state index is 3.45. The highest BCUT2D eigenvalue weighted by Crippen LogP contribution is 2.28. The van der Waals surface area contributed by atoms with Gasteiger partial charge in [0.05, 0.1) is 6.04 Å². The summed E-state index contributed by atoms with van der Waals surface area (Å²) >= 11 is 2.38. The van der Waals surface area contributed by atoms with Gasteiger partial charge in [0.1, 0.15) is 0 Å². The van der Waals surface area contributed by atoms with Gasteiger partial charge in [0.2, 0.25) is 0 Å². The van der Waals surface area contributed by atoms with Crippen LogP contribution in [-0.4, -0.2) is 7.05 Å². The minimum atomic E-state index is 0.292. The first-order valence-electron chi connectivity index (χ1n) is 6.82. The molecule has 1 nitrogen and oxygen atoms in total. The molecule has 0 spiro atoms. The lowest BCUT2D eigenvalue weighted by Crippen LogP contribution is -2.18. The number of halogens is 1. The van der Waals surface area contributed by atoms with Gasteiger partial charge < -0.3 is 5.32 Å². The van der Waals surface area contributed by atoms with Gasteiger partial charge in [-0.2, -0.15) is 0 Å². The van der Waals surface area contributed by atoms with Crippen molar-refractivity contribution in [1.82, 2.24) is 5.32 Å². The van der Waals surface area contributed by atoms with Gasteiger partial charge in [0.25, 0.3) is 0 Å². The van der Waals surface area contributed by atoms with Crippen molar-refractivity contribution in [2.45, 2.75) is 25.3 Å². The van der Waals surface area contributed by atoms with Crippen LogP contribution in [0, 0.1) is 3.57 Å². The molecule has 0 aliphatic heterocycles. The Morgan fingerprint density at radius 3 is 2.58 bits per heavy atom. The molecule has 0 amide bonds. The molecule has 0 saturated carbocycles. The van der Waals surface area contributed by atoms with Gasteiger partial charge in [0.15, 0.2) is 0 Å². The molecule has 1 N–H and O–H groups in total. The van der Waals surface area contributed by atoms with Crippen molar-refractivity contribution in [2.24, 2.45) is 0 Å². The largest absolute Gasteiger partial charge is 0.309 e. The molecule has 0 saturated heterocycles. The van der Waals surface area contributed by atoms with Crippen molar-refractivity contribution in [3.63, 3.8) is 0 Å². The van der Waals surface area contributed by atoms with E-state index in [4.69, 9.17) is 0 Å². The van der Waals surface area contributed by atoms with Crippen LogP contribution in [0.3, 0.4) is 0 Å². The molecule has 0 radical (unpaired) electrons. The summed E-state index contributed by atoms with van der Waals surface area (Å²) in [5.41, 5.74) is 5.81. The molecule has 0 fully saturated rings. The molecule has 0 heterocycles. The fourth-order valence-corrected chi connectivity index (χ4v) is 3.55. The molecule has 98 valence electrons. The van der Waals surface area contributed by atoms with E-state index in [-0.39, 0.29) is 0 Å². The van der Waals surface area contributed by atoms with Gasteiger partial charge in [-0.05, 0) is 83.3 Å². The molecular formula is C17H18IN. The molecule has 19 heavy (non-hydrogen) atoms. The van der Waals surface area contributed by atoms with Crippen LogP contribution < -0.4 is 5.32 Å². The van der Waals surface area contributed by atoms with Crippen molar-refractivity contribution in [1.29, 1.82) is 0 Å². The Morgan fingerprint density at radius 2 is 1.79 bits per heavy atom. The van der Waals surface area contributed by atoms with Crippen LogP contribution in [0.4, 0.5) is 0 Å². The highest BCUT2D eigenvalue weighted by molar-refractivity contribution is 14.1. The van der Waals surface area contributed by atoms with Gasteiger partial charge in [-0.25, -0.2) is 0 Å².